The summed E-state index contributed by atoms with van der Waals surface area (Å²) < 4.78 is 0. The first-order valence-electron chi connectivity index (χ1n) is 6.75. The van der Waals surface area contributed by atoms with Gasteiger partial charge in [-0.25, -0.2) is 0 Å². The quantitative estimate of drug-likeness (QED) is 0.751. The van der Waals surface area contributed by atoms with Gasteiger partial charge in [0.05, 0.1) is 11.7 Å². The van der Waals surface area contributed by atoms with Crippen LogP contribution in [-0.4, -0.2) is 27.7 Å². The molecule has 102 valence electrons. The maximum atomic E-state index is 11.7. The molecule has 0 radical (unpaired) electrons. The molecule has 1 saturated carbocycles. The summed E-state index contributed by atoms with van der Waals surface area (Å²) in [7, 11) is 0. The lowest BCUT2D eigenvalue weighted by molar-refractivity contribution is -0.128. The van der Waals surface area contributed by atoms with Crippen LogP contribution in [0.2, 0.25) is 0 Å². The Labute approximate surface area is 109 Å². The lowest BCUT2D eigenvalue weighted by Gasteiger charge is -2.51. The number of aliphatic hydroxyl groups excluding tert-OH is 1. The SMILES string of the molecule is CC1=CC(=O)C[C@]2(C)C[C@H](O)[C@@H](C(C)(C)O)C[C@@H]12. The lowest BCUT2D eigenvalue weighted by atomic mass is 9.55. The summed E-state index contributed by atoms with van der Waals surface area (Å²) in [6.07, 6.45) is 3.10. The molecular weight excluding hydrogens is 228 g/mol. The first-order chi connectivity index (χ1) is 8.13. The van der Waals surface area contributed by atoms with Crippen LogP contribution in [0.4, 0.5) is 0 Å². The number of fused-ring (bicyclic) bond motifs is 1. The predicted molar refractivity (Wildman–Crippen MR) is 70.0 cm³/mol. The Morgan fingerprint density at radius 2 is 2.06 bits per heavy atom. The Hall–Kier alpha value is -0.670. The van der Waals surface area contributed by atoms with Gasteiger partial charge in [0.25, 0.3) is 0 Å². The molecule has 3 nitrogen and oxygen atoms in total. The molecule has 1 fully saturated rings. The normalized spacial score (nSPS) is 41.3. The van der Waals surface area contributed by atoms with E-state index in [4.69, 9.17) is 0 Å². The van der Waals surface area contributed by atoms with Gasteiger partial charge in [0.15, 0.2) is 5.78 Å². The van der Waals surface area contributed by atoms with Gasteiger partial charge in [-0.2, -0.15) is 0 Å². The van der Waals surface area contributed by atoms with Crippen molar-refractivity contribution >= 4 is 5.78 Å². The molecule has 0 aliphatic heterocycles. The van der Waals surface area contributed by atoms with Gasteiger partial charge in [-0.1, -0.05) is 12.5 Å². The molecule has 4 atom stereocenters. The minimum absolute atomic E-state index is 0.118. The molecule has 0 amide bonds. The summed E-state index contributed by atoms with van der Waals surface area (Å²) in [6, 6.07) is 0. The molecule has 0 saturated heterocycles. The van der Waals surface area contributed by atoms with E-state index in [1.165, 1.54) is 0 Å². The second kappa shape index (κ2) is 4.17. The van der Waals surface area contributed by atoms with Crippen molar-refractivity contribution in [3.8, 4) is 0 Å². The third kappa shape index (κ3) is 2.26. The van der Waals surface area contributed by atoms with Gasteiger partial charge < -0.3 is 10.2 Å². The number of rotatable bonds is 1. The van der Waals surface area contributed by atoms with E-state index in [0.717, 1.165) is 12.0 Å². The van der Waals surface area contributed by atoms with Crippen LogP contribution in [0, 0.1) is 17.3 Å². The van der Waals surface area contributed by atoms with Crippen LogP contribution >= 0.6 is 0 Å². The van der Waals surface area contributed by atoms with E-state index in [-0.39, 0.29) is 17.1 Å². The third-order valence-electron chi connectivity index (χ3n) is 4.89. The Morgan fingerprint density at radius 1 is 1.44 bits per heavy atom. The summed E-state index contributed by atoms with van der Waals surface area (Å²) in [6.45, 7) is 7.61. The smallest absolute Gasteiger partial charge is 0.156 e. The van der Waals surface area contributed by atoms with E-state index in [0.29, 0.717) is 18.8 Å². The second-order valence-electron chi connectivity index (χ2n) is 7.01. The summed E-state index contributed by atoms with van der Waals surface area (Å²) in [5, 5.41) is 20.5. The summed E-state index contributed by atoms with van der Waals surface area (Å²) in [5.74, 6) is 0.349. The topological polar surface area (TPSA) is 57.5 Å². The van der Waals surface area contributed by atoms with Crippen molar-refractivity contribution in [2.75, 3.05) is 0 Å². The number of allylic oxidation sites excluding steroid dienone is 2. The largest absolute Gasteiger partial charge is 0.393 e. The minimum Gasteiger partial charge on any atom is -0.393 e. The first kappa shape index (κ1) is 13.8. The van der Waals surface area contributed by atoms with Crippen LogP contribution in [-0.2, 0) is 4.79 Å². The first-order valence-corrected chi connectivity index (χ1v) is 6.75. The molecule has 0 heterocycles. The third-order valence-corrected chi connectivity index (χ3v) is 4.89. The monoisotopic (exact) mass is 252 g/mol. The second-order valence-corrected chi connectivity index (χ2v) is 7.01. The number of ketones is 1. The average Bonchev–Trinajstić information content (AvgIpc) is 2.11. The maximum absolute atomic E-state index is 11.7. The fourth-order valence-corrected chi connectivity index (χ4v) is 3.95. The molecule has 2 rings (SSSR count). The molecule has 0 bridgehead atoms. The summed E-state index contributed by atoms with van der Waals surface area (Å²) >= 11 is 0. The van der Waals surface area contributed by atoms with Crippen LogP contribution in [0.25, 0.3) is 0 Å². The average molecular weight is 252 g/mol. The number of carbonyl (C=O) groups is 1. The van der Waals surface area contributed by atoms with Crippen LogP contribution in [0.3, 0.4) is 0 Å². The van der Waals surface area contributed by atoms with E-state index in [9.17, 15) is 15.0 Å². The maximum Gasteiger partial charge on any atom is 0.156 e. The number of hydrogen-bond acceptors (Lipinski definition) is 3. The highest BCUT2D eigenvalue weighted by Gasteiger charge is 2.50. The van der Waals surface area contributed by atoms with Gasteiger partial charge in [0.2, 0.25) is 0 Å². The molecule has 2 N–H and O–H groups in total. The van der Waals surface area contributed by atoms with Crippen LogP contribution in [0.1, 0.15) is 47.0 Å². The zero-order valence-electron chi connectivity index (χ0n) is 11.7. The lowest BCUT2D eigenvalue weighted by Crippen LogP contribution is -2.51. The molecule has 18 heavy (non-hydrogen) atoms. The highest BCUT2D eigenvalue weighted by atomic mass is 16.3. The van der Waals surface area contributed by atoms with Crippen molar-refractivity contribution in [1.82, 2.24) is 0 Å². The van der Waals surface area contributed by atoms with Crippen molar-refractivity contribution < 1.29 is 15.0 Å². The van der Waals surface area contributed by atoms with Gasteiger partial charge >= 0.3 is 0 Å². The van der Waals surface area contributed by atoms with Crippen LogP contribution in [0.5, 0.6) is 0 Å². The van der Waals surface area contributed by atoms with E-state index in [1.54, 1.807) is 19.9 Å². The predicted octanol–water partition coefficient (Wildman–Crippen LogP) is 2.07. The molecule has 0 aromatic carbocycles. The fraction of sp³-hybridized carbons (Fsp3) is 0.800. The van der Waals surface area contributed by atoms with Gasteiger partial charge in [0.1, 0.15) is 0 Å². The van der Waals surface area contributed by atoms with Gasteiger partial charge in [0, 0.05) is 12.3 Å². The van der Waals surface area contributed by atoms with Crippen molar-refractivity contribution in [2.24, 2.45) is 17.3 Å². The van der Waals surface area contributed by atoms with Gasteiger partial charge in [-0.05, 0) is 51.0 Å². The Morgan fingerprint density at radius 3 is 2.61 bits per heavy atom. The Bertz CT molecular complexity index is 391. The van der Waals surface area contributed by atoms with Crippen molar-refractivity contribution in [2.45, 2.75) is 58.7 Å². The molecule has 2 aliphatic carbocycles. The molecule has 2 aliphatic rings. The molecule has 0 spiro atoms. The van der Waals surface area contributed by atoms with E-state index in [1.807, 2.05) is 6.92 Å². The van der Waals surface area contributed by atoms with Crippen molar-refractivity contribution in [1.29, 1.82) is 0 Å². The number of hydrogen-bond donors (Lipinski definition) is 2. The van der Waals surface area contributed by atoms with Crippen LogP contribution < -0.4 is 0 Å². The van der Waals surface area contributed by atoms with Crippen molar-refractivity contribution in [3.05, 3.63) is 11.6 Å². The van der Waals surface area contributed by atoms with E-state index >= 15 is 0 Å². The van der Waals surface area contributed by atoms with E-state index in [2.05, 4.69) is 6.92 Å². The molecule has 0 aromatic heterocycles. The Kier molecular flexibility index (Phi) is 3.19. The molecule has 3 heteroatoms. The summed E-state index contributed by atoms with van der Waals surface area (Å²) in [5.41, 5.74) is 0.0921. The zero-order chi connectivity index (χ0) is 13.7. The number of carbonyl (C=O) groups excluding carboxylic acids is 1. The van der Waals surface area contributed by atoms with Gasteiger partial charge in [-0.3, -0.25) is 4.79 Å². The van der Waals surface area contributed by atoms with Crippen LogP contribution in [0.15, 0.2) is 11.6 Å². The molecule has 0 unspecified atom stereocenters. The number of aliphatic hydroxyl groups is 2. The standard InChI is InChI=1S/C15H24O3/c1-9-5-10(16)7-15(4)8-13(17)12(6-11(9)15)14(2,3)18/h5,11-13,17-18H,6-8H2,1-4H3/t11-,12-,13-,15+/m0/s1. The zero-order valence-corrected chi connectivity index (χ0v) is 11.7. The molecule has 0 aromatic rings. The Balaban J connectivity index is 2.32. The highest BCUT2D eigenvalue weighted by Crippen LogP contribution is 2.52. The molecular formula is C15H24O3. The fourth-order valence-electron chi connectivity index (χ4n) is 3.95. The highest BCUT2D eigenvalue weighted by molar-refractivity contribution is 5.92. The van der Waals surface area contributed by atoms with E-state index < -0.39 is 11.7 Å². The van der Waals surface area contributed by atoms with Gasteiger partial charge in [-0.15, -0.1) is 0 Å². The summed E-state index contributed by atoms with van der Waals surface area (Å²) in [4.78, 5) is 11.7. The van der Waals surface area contributed by atoms with Crippen molar-refractivity contribution in [3.63, 3.8) is 0 Å². The minimum atomic E-state index is -0.873.